The number of carbonyl (C=O) groups is 1. The molecule has 1 aromatic heterocycles. The zero-order valence-corrected chi connectivity index (χ0v) is 16.7. The van der Waals surface area contributed by atoms with Crippen LogP contribution in [0.25, 0.3) is 0 Å². The largest absolute Gasteiger partial charge is 0.344 e. The summed E-state index contributed by atoms with van der Waals surface area (Å²) in [5, 5.41) is 9.91. The van der Waals surface area contributed by atoms with Gasteiger partial charge in [-0.3, -0.25) is 4.79 Å². The molecule has 2 fully saturated rings. The van der Waals surface area contributed by atoms with Crippen LogP contribution in [0.2, 0.25) is 0 Å². The van der Waals surface area contributed by atoms with Gasteiger partial charge in [0, 0.05) is 18.0 Å². The summed E-state index contributed by atoms with van der Waals surface area (Å²) in [7, 11) is 0. The molecule has 1 aromatic rings. The van der Waals surface area contributed by atoms with Gasteiger partial charge in [-0.25, -0.2) is 4.98 Å². The van der Waals surface area contributed by atoms with Crippen LogP contribution in [0.15, 0.2) is 11.6 Å². The normalized spacial score (nSPS) is 23.6. The molecule has 2 N–H and O–H groups in total. The van der Waals surface area contributed by atoms with E-state index in [-0.39, 0.29) is 36.3 Å². The Balaban J connectivity index is 0.00000144. The van der Waals surface area contributed by atoms with E-state index in [1.54, 1.807) is 11.3 Å². The highest BCUT2D eigenvalue weighted by Crippen LogP contribution is 2.39. The number of hydrogen-bond acceptors (Lipinski definition) is 4. The van der Waals surface area contributed by atoms with Crippen molar-refractivity contribution in [1.82, 2.24) is 15.6 Å². The molecule has 0 bridgehead atoms. The lowest BCUT2D eigenvalue weighted by Gasteiger charge is -2.31. The third-order valence-corrected chi connectivity index (χ3v) is 6.30. The monoisotopic (exact) mass is 393 g/mol. The Hall–Kier alpha value is -0.360. The first-order valence-electron chi connectivity index (χ1n) is 8.61. The maximum Gasteiger partial charge on any atom is 0.221 e. The molecule has 3 rings (SSSR count). The van der Waals surface area contributed by atoms with Gasteiger partial charge in [-0.2, -0.15) is 0 Å². The number of piperidine rings is 1. The number of aromatic nitrogens is 1. The van der Waals surface area contributed by atoms with Crippen LogP contribution in [0.1, 0.15) is 56.9 Å². The van der Waals surface area contributed by atoms with E-state index < -0.39 is 0 Å². The minimum absolute atomic E-state index is 0. The molecule has 0 aromatic carbocycles. The molecule has 0 radical (unpaired) electrons. The van der Waals surface area contributed by atoms with E-state index in [2.05, 4.69) is 22.5 Å². The second kappa shape index (κ2) is 9.95. The lowest BCUT2D eigenvalue weighted by Crippen LogP contribution is -2.45. The quantitative estimate of drug-likeness (QED) is 0.797. The van der Waals surface area contributed by atoms with Gasteiger partial charge in [0.05, 0.1) is 5.54 Å². The molecule has 138 valence electrons. The Morgan fingerprint density at radius 2 is 2.17 bits per heavy atom. The highest BCUT2D eigenvalue weighted by Gasteiger charge is 2.39. The molecule has 2 atom stereocenters. The van der Waals surface area contributed by atoms with Gasteiger partial charge >= 0.3 is 0 Å². The number of nitrogens with one attached hydrogen (secondary N) is 2. The average molecular weight is 394 g/mol. The average Bonchev–Trinajstić information content (AvgIpc) is 3.19. The van der Waals surface area contributed by atoms with Crippen LogP contribution >= 0.6 is 36.2 Å². The molecule has 1 aliphatic heterocycles. The van der Waals surface area contributed by atoms with Gasteiger partial charge in [0.2, 0.25) is 5.91 Å². The third-order valence-electron chi connectivity index (χ3n) is 5.32. The SMILES string of the molecule is CC(CC(=O)NC1(c2nccs2)CCCC1)C1CCCNC1.Cl.Cl. The van der Waals surface area contributed by atoms with Crippen molar-refractivity contribution >= 4 is 42.1 Å². The van der Waals surface area contributed by atoms with Crippen molar-refractivity contribution in [3.8, 4) is 0 Å². The van der Waals surface area contributed by atoms with Crippen molar-refractivity contribution in [2.45, 2.75) is 57.4 Å². The molecule has 24 heavy (non-hydrogen) atoms. The summed E-state index contributed by atoms with van der Waals surface area (Å²) in [5.74, 6) is 1.29. The topological polar surface area (TPSA) is 54.0 Å². The molecule has 2 aliphatic rings. The van der Waals surface area contributed by atoms with Crippen LogP contribution in [0, 0.1) is 11.8 Å². The van der Waals surface area contributed by atoms with Crippen molar-refractivity contribution < 1.29 is 4.79 Å². The van der Waals surface area contributed by atoms with Crippen molar-refractivity contribution in [1.29, 1.82) is 0 Å². The predicted octanol–water partition coefficient (Wildman–Crippen LogP) is 3.90. The predicted molar refractivity (Wildman–Crippen MR) is 104 cm³/mol. The Labute approximate surface area is 161 Å². The highest BCUT2D eigenvalue weighted by atomic mass is 35.5. The molecule has 1 amide bonds. The second-order valence-corrected chi connectivity index (χ2v) is 7.86. The van der Waals surface area contributed by atoms with E-state index in [0.29, 0.717) is 18.3 Å². The minimum Gasteiger partial charge on any atom is -0.344 e. The van der Waals surface area contributed by atoms with Crippen LogP contribution in [0.3, 0.4) is 0 Å². The Morgan fingerprint density at radius 3 is 2.75 bits per heavy atom. The van der Waals surface area contributed by atoms with Gasteiger partial charge < -0.3 is 10.6 Å². The number of amides is 1. The number of nitrogens with zero attached hydrogens (tertiary/aromatic N) is 1. The summed E-state index contributed by atoms with van der Waals surface area (Å²) in [6.45, 7) is 4.41. The number of thiazole rings is 1. The first kappa shape index (κ1) is 21.7. The van der Waals surface area contributed by atoms with Crippen molar-refractivity contribution in [2.24, 2.45) is 11.8 Å². The number of carbonyl (C=O) groups excluding carboxylic acids is 1. The molecule has 1 saturated carbocycles. The summed E-state index contributed by atoms with van der Waals surface area (Å²) in [4.78, 5) is 17.1. The molecule has 4 nitrogen and oxygen atoms in total. The van der Waals surface area contributed by atoms with Crippen LogP contribution in [0.5, 0.6) is 0 Å². The van der Waals surface area contributed by atoms with Crippen LogP contribution < -0.4 is 10.6 Å². The third kappa shape index (κ3) is 5.07. The standard InChI is InChI=1S/C17H27N3OS.2ClH/c1-13(14-5-4-8-18-12-14)11-15(21)20-17(6-2-3-7-17)16-19-9-10-22-16;;/h9-10,13-14,18H,2-8,11-12H2,1H3,(H,20,21);2*1H. The second-order valence-electron chi connectivity index (χ2n) is 6.96. The Morgan fingerprint density at radius 1 is 1.42 bits per heavy atom. The van der Waals surface area contributed by atoms with Crippen molar-refractivity contribution in [3.63, 3.8) is 0 Å². The number of rotatable bonds is 5. The fourth-order valence-electron chi connectivity index (χ4n) is 3.97. The maximum atomic E-state index is 12.6. The zero-order chi connectivity index (χ0) is 15.4. The maximum absolute atomic E-state index is 12.6. The van der Waals surface area contributed by atoms with E-state index in [1.165, 1.54) is 25.7 Å². The van der Waals surface area contributed by atoms with E-state index in [1.807, 2.05) is 11.6 Å². The Bertz CT molecular complexity index is 486. The lowest BCUT2D eigenvalue weighted by atomic mass is 9.85. The molecule has 2 heterocycles. The van der Waals surface area contributed by atoms with Crippen LogP contribution in [-0.2, 0) is 10.3 Å². The van der Waals surface area contributed by atoms with Gasteiger partial charge in [0.25, 0.3) is 0 Å². The first-order valence-corrected chi connectivity index (χ1v) is 9.49. The summed E-state index contributed by atoms with van der Waals surface area (Å²) in [5.41, 5.74) is -0.185. The van der Waals surface area contributed by atoms with E-state index in [9.17, 15) is 4.79 Å². The molecular weight excluding hydrogens is 365 g/mol. The Kier molecular flexibility index (Phi) is 8.99. The minimum atomic E-state index is -0.185. The van der Waals surface area contributed by atoms with E-state index in [0.717, 1.165) is 30.9 Å². The van der Waals surface area contributed by atoms with Gasteiger partial charge in [-0.05, 0) is 50.6 Å². The van der Waals surface area contributed by atoms with E-state index in [4.69, 9.17) is 0 Å². The molecule has 7 heteroatoms. The number of hydrogen-bond donors (Lipinski definition) is 2. The first-order chi connectivity index (χ1) is 10.7. The fourth-order valence-corrected chi connectivity index (χ4v) is 4.83. The van der Waals surface area contributed by atoms with Gasteiger partial charge in [-0.15, -0.1) is 36.2 Å². The summed E-state index contributed by atoms with van der Waals surface area (Å²) in [6.07, 6.45) is 9.40. The van der Waals surface area contributed by atoms with E-state index >= 15 is 0 Å². The summed E-state index contributed by atoms with van der Waals surface area (Å²) < 4.78 is 0. The van der Waals surface area contributed by atoms with Crippen LogP contribution in [0.4, 0.5) is 0 Å². The van der Waals surface area contributed by atoms with Crippen molar-refractivity contribution in [3.05, 3.63) is 16.6 Å². The lowest BCUT2D eigenvalue weighted by molar-refractivity contribution is -0.124. The van der Waals surface area contributed by atoms with Crippen molar-refractivity contribution in [2.75, 3.05) is 13.1 Å². The van der Waals surface area contributed by atoms with Gasteiger partial charge in [0.15, 0.2) is 0 Å². The van der Waals surface area contributed by atoms with Crippen LogP contribution in [-0.4, -0.2) is 24.0 Å². The summed E-state index contributed by atoms with van der Waals surface area (Å²) in [6, 6.07) is 0. The molecular formula is C17H29Cl2N3OS. The number of halogens is 2. The van der Waals surface area contributed by atoms with Gasteiger partial charge in [-0.1, -0.05) is 19.8 Å². The molecule has 1 aliphatic carbocycles. The fraction of sp³-hybridized carbons (Fsp3) is 0.765. The molecule has 0 spiro atoms. The molecule has 1 saturated heterocycles. The molecule has 2 unspecified atom stereocenters. The zero-order valence-electron chi connectivity index (χ0n) is 14.3. The summed E-state index contributed by atoms with van der Waals surface area (Å²) >= 11 is 1.67. The smallest absolute Gasteiger partial charge is 0.221 e. The van der Waals surface area contributed by atoms with Gasteiger partial charge in [0.1, 0.15) is 5.01 Å². The highest BCUT2D eigenvalue weighted by molar-refractivity contribution is 7.09.